The molecule has 0 amide bonds. The van der Waals surface area contributed by atoms with Gasteiger partial charge in [0, 0.05) is 13.2 Å². The number of nitrogens with one attached hydrogen (secondary N) is 1. The Labute approximate surface area is 118 Å². The SMILES string of the molecule is COc1nc(NCC2CCCCC2CO)nc(OC)n1. The number of hydrogen-bond acceptors (Lipinski definition) is 7. The normalized spacial score (nSPS) is 22.4. The number of methoxy groups -OCH3 is 2. The molecule has 0 radical (unpaired) electrons. The Bertz CT molecular complexity index is 408. The Hall–Kier alpha value is -1.63. The zero-order chi connectivity index (χ0) is 14.4. The van der Waals surface area contributed by atoms with Crippen LogP contribution in [0.3, 0.4) is 0 Å². The summed E-state index contributed by atoms with van der Waals surface area (Å²) >= 11 is 0. The Morgan fingerprint density at radius 2 is 1.65 bits per heavy atom. The fraction of sp³-hybridized carbons (Fsp3) is 0.769. The van der Waals surface area contributed by atoms with Crippen molar-refractivity contribution in [3.63, 3.8) is 0 Å². The first-order valence-electron chi connectivity index (χ1n) is 6.95. The standard InChI is InChI=1S/C13H22N4O3/c1-19-12-15-11(16-13(17-12)20-2)14-7-9-5-3-4-6-10(9)8-18/h9-10,18H,3-8H2,1-2H3,(H,14,15,16,17). The van der Waals surface area contributed by atoms with Gasteiger partial charge in [0.2, 0.25) is 5.95 Å². The van der Waals surface area contributed by atoms with E-state index in [0.717, 1.165) is 19.4 Å². The van der Waals surface area contributed by atoms with Crippen LogP contribution >= 0.6 is 0 Å². The van der Waals surface area contributed by atoms with Crippen LogP contribution in [-0.2, 0) is 0 Å². The molecule has 1 aromatic heterocycles. The molecule has 20 heavy (non-hydrogen) atoms. The molecule has 112 valence electrons. The molecular weight excluding hydrogens is 260 g/mol. The molecule has 2 atom stereocenters. The molecule has 1 heterocycles. The van der Waals surface area contributed by atoms with E-state index in [1.807, 2.05) is 0 Å². The summed E-state index contributed by atoms with van der Waals surface area (Å²) < 4.78 is 10.0. The van der Waals surface area contributed by atoms with Crippen molar-refractivity contribution in [2.75, 3.05) is 32.7 Å². The van der Waals surface area contributed by atoms with E-state index in [-0.39, 0.29) is 18.6 Å². The van der Waals surface area contributed by atoms with Gasteiger partial charge in [0.05, 0.1) is 14.2 Å². The maximum atomic E-state index is 9.41. The molecule has 1 aromatic rings. The summed E-state index contributed by atoms with van der Waals surface area (Å²) in [7, 11) is 3.00. The van der Waals surface area contributed by atoms with Crippen molar-refractivity contribution in [3.8, 4) is 12.0 Å². The molecule has 0 aromatic carbocycles. The highest BCUT2D eigenvalue weighted by Crippen LogP contribution is 2.29. The topological polar surface area (TPSA) is 89.4 Å². The molecule has 1 aliphatic rings. The van der Waals surface area contributed by atoms with Gasteiger partial charge in [-0.15, -0.1) is 4.98 Å². The molecular formula is C13H22N4O3. The highest BCUT2D eigenvalue weighted by molar-refractivity contribution is 5.27. The van der Waals surface area contributed by atoms with E-state index >= 15 is 0 Å². The number of hydrogen-bond donors (Lipinski definition) is 2. The lowest BCUT2D eigenvalue weighted by molar-refractivity contribution is 0.141. The van der Waals surface area contributed by atoms with Crippen LogP contribution in [0.5, 0.6) is 12.0 Å². The van der Waals surface area contributed by atoms with Gasteiger partial charge >= 0.3 is 12.0 Å². The van der Waals surface area contributed by atoms with Crippen LogP contribution in [0.4, 0.5) is 5.95 Å². The molecule has 7 nitrogen and oxygen atoms in total. The molecule has 0 spiro atoms. The number of ether oxygens (including phenoxy) is 2. The van der Waals surface area contributed by atoms with Crippen molar-refractivity contribution in [2.24, 2.45) is 11.8 Å². The second-order valence-electron chi connectivity index (χ2n) is 5.00. The second kappa shape index (κ2) is 7.23. The minimum Gasteiger partial charge on any atom is -0.467 e. The smallest absolute Gasteiger partial charge is 0.324 e. The van der Waals surface area contributed by atoms with Gasteiger partial charge in [0.1, 0.15) is 0 Å². The van der Waals surface area contributed by atoms with Crippen molar-refractivity contribution in [1.29, 1.82) is 0 Å². The summed E-state index contributed by atoms with van der Waals surface area (Å²) in [6.07, 6.45) is 4.63. The molecule has 1 aliphatic carbocycles. The van der Waals surface area contributed by atoms with E-state index in [1.165, 1.54) is 27.1 Å². The van der Waals surface area contributed by atoms with Gasteiger partial charge in [-0.2, -0.15) is 9.97 Å². The molecule has 7 heteroatoms. The van der Waals surface area contributed by atoms with Crippen LogP contribution in [0.25, 0.3) is 0 Å². The average Bonchev–Trinajstić information content (AvgIpc) is 2.52. The van der Waals surface area contributed by atoms with Crippen molar-refractivity contribution in [1.82, 2.24) is 15.0 Å². The minimum absolute atomic E-state index is 0.224. The molecule has 1 fully saturated rings. The van der Waals surface area contributed by atoms with Crippen LogP contribution in [0.15, 0.2) is 0 Å². The highest BCUT2D eigenvalue weighted by atomic mass is 16.5. The van der Waals surface area contributed by atoms with Crippen LogP contribution < -0.4 is 14.8 Å². The number of aliphatic hydroxyl groups excluding tert-OH is 1. The summed E-state index contributed by atoms with van der Waals surface area (Å²) in [6, 6.07) is 0.448. The summed E-state index contributed by atoms with van der Waals surface area (Å²) in [5.41, 5.74) is 0. The first-order valence-corrected chi connectivity index (χ1v) is 6.95. The Morgan fingerprint density at radius 3 is 2.20 bits per heavy atom. The summed E-state index contributed by atoms with van der Waals surface area (Å²) in [6.45, 7) is 0.984. The predicted octanol–water partition coefficient (Wildman–Crippen LogP) is 1.10. The first kappa shape index (κ1) is 14.8. The lowest BCUT2D eigenvalue weighted by Crippen LogP contribution is -2.29. The van der Waals surface area contributed by atoms with E-state index in [9.17, 15) is 5.11 Å². The van der Waals surface area contributed by atoms with Crippen LogP contribution in [0, 0.1) is 11.8 Å². The zero-order valence-electron chi connectivity index (χ0n) is 12.0. The van der Waals surface area contributed by atoms with E-state index in [1.54, 1.807) is 0 Å². The molecule has 2 unspecified atom stereocenters. The van der Waals surface area contributed by atoms with Gasteiger partial charge in [-0.05, 0) is 24.7 Å². The van der Waals surface area contributed by atoms with Crippen LogP contribution in [0.1, 0.15) is 25.7 Å². The Balaban J connectivity index is 1.98. The Kier molecular flexibility index (Phi) is 5.34. The largest absolute Gasteiger partial charge is 0.467 e. The quantitative estimate of drug-likeness (QED) is 0.807. The molecule has 0 saturated heterocycles. The van der Waals surface area contributed by atoms with Gasteiger partial charge in [-0.3, -0.25) is 0 Å². The monoisotopic (exact) mass is 282 g/mol. The lowest BCUT2D eigenvalue weighted by Gasteiger charge is -2.30. The number of anilines is 1. The molecule has 2 N–H and O–H groups in total. The third-order valence-electron chi connectivity index (χ3n) is 3.78. The van der Waals surface area contributed by atoms with Crippen molar-refractivity contribution >= 4 is 5.95 Å². The number of nitrogens with zero attached hydrogens (tertiary/aromatic N) is 3. The third kappa shape index (κ3) is 3.69. The summed E-state index contributed by atoms with van der Waals surface area (Å²) in [5.74, 6) is 1.25. The van der Waals surface area contributed by atoms with Gasteiger partial charge in [-0.25, -0.2) is 0 Å². The fourth-order valence-electron chi connectivity index (χ4n) is 2.62. The highest BCUT2D eigenvalue weighted by Gasteiger charge is 2.24. The van der Waals surface area contributed by atoms with E-state index in [4.69, 9.17) is 9.47 Å². The van der Waals surface area contributed by atoms with Crippen LogP contribution in [-0.4, -0.2) is 47.4 Å². The van der Waals surface area contributed by atoms with Gasteiger partial charge < -0.3 is 19.9 Å². The zero-order valence-corrected chi connectivity index (χ0v) is 12.0. The van der Waals surface area contributed by atoms with Crippen LogP contribution in [0.2, 0.25) is 0 Å². The molecule has 2 rings (SSSR count). The summed E-state index contributed by atoms with van der Waals surface area (Å²) in [5, 5.41) is 12.6. The predicted molar refractivity (Wildman–Crippen MR) is 74.0 cm³/mol. The fourth-order valence-corrected chi connectivity index (χ4v) is 2.62. The minimum atomic E-state index is 0.224. The Morgan fingerprint density at radius 1 is 1.05 bits per heavy atom. The van der Waals surface area contributed by atoms with E-state index in [2.05, 4.69) is 20.3 Å². The number of rotatable bonds is 6. The number of aromatic nitrogens is 3. The average molecular weight is 282 g/mol. The summed E-state index contributed by atoms with van der Waals surface area (Å²) in [4.78, 5) is 12.2. The van der Waals surface area contributed by atoms with Gasteiger partial charge in [0.25, 0.3) is 0 Å². The molecule has 1 saturated carbocycles. The maximum absolute atomic E-state index is 9.41. The van der Waals surface area contributed by atoms with Gasteiger partial charge in [0.15, 0.2) is 0 Å². The lowest BCUT2D eigenvalue weighted by atomic mass is 9.80. The van der Waals surface area contributed by atoms with Crippen molar-refractivity contribution in [3.05, 3.63) is 0 Å². The van der Waals surface area contributed by atoms with Crippen molar-refractivity contribution < 1.29 is 14.6 Å². The van der Waals surface area contributed by atoms with Crippen molar-refractivity contribution in [2.45, 2.75) is 25.7 Å². The second-order valence-corrected chi connectivity index (χ2v) is 5.00. The van der Waals surface area contributed by atoms with E-state index < -0.39 is 0 Å². The number of aliphatic hydroxyl groups is 1. The van der Waals surface area contributed by atoms with Gasteiger partial charge in [-0.1, -0.05) is 12.8 Å². The molecule has 0 bridgehead atoms. The third-order valence-corrected chi connectivity index (χ3v) is 3.78. The first-order chi connectivity index (χ1) is 9.76. The van der Waals surface area contributed by atoms with E-state index in [0.29, 0.717) is 17.8 Å². The molecule has 0 aliphatic heterocycles. The maximum Gasteiger partial charge on any atom is 0.324 e.